The van der Waals surface area contributed by atoms with Crippen LogP contribution in [0.1, 0.15) is 18.1 Å². The minimum atomic E-state index is -4.36. The maximum absolute atomic E-state index is 12.9. The fraction of sp³-hybridized carbons (Fsp3) is 0.333. The summed E-state index contributed by atoms with van der Waals surface area (Å²) in [6.07, 6.45) is -4.36. The Morgan fingerprint density at radius 3 is 2.47 bits per heavy atom. The lowest BCUT2D eigenvalue weighted by atomic mass is 10.1. The number of para-hydroxylation sites is 1. The van der Waals surface area contributed by atoms with Gasteiger partial charge < -0.3 is 4.57 Å². The van der Waals surface area contributed by atoms with E-state index in [-0.39, 0.29) is 5.52 Å². The zero-order valence-corrected chi connectivity index (χ0v) is 10.2. The molecule has 0 spiro atoms. The van der Waals surface area contributed by atoms with Crippen molar-refractivity contribution < 1.29 is 13.2 Å². The van der Waals surface area contributed by atoms with Crippen molar-refractivity contribution in [3.8, 4) is 0 Å². The minimum absolute atomic E-state index is 0.171. The molecular weight excluding hydrogens is 251 g/mol. The summed E-state index contributed by atoms with van der Waals surface area (Å²) in [4.78, 5) is 0. The third-order valence-electron chi connectivity index (χ3n) is 2.88. The molecule has 0 amide bonds. The number of aryl methyl sites for hydroxylation is 2. The van der Waals surface area contributed by atoms with Gasteiger partial charge in [0.05, 0.1) is 11.1 Å². The van der Waals surface area contributed by atoms with Gasteiger partial charge in [-0.05, 0) is 25.5 Å². The van der Waals surface area contributed by atoms with Crippen molar-refractivity contribution in [1.29, 1.82) is 0 Å². The number of alkyl halides is 3. The molecule has 0 aliphatic heterocycles. The van der Waals surface area contributed by atoms with E-state index in [1.54, 1.807) is 19.9 Å². The van der Waals surface area contributed by atoms with Gasteiger partial charge in [0.25, 0.3) is 0 Å². The van der Waals surface area contributed by atoms with Gasteiger partial charge in [-0.15, -0.1) is 0 Å². The Hall–Kier alpha value is -1.16. The molecule has 0 bridgehead atoms. The lowest BCUT2D eigenvalue weighted by Gasteiger charge is -2.11. The lowest BCUT2D eigenvalue weighted by Crippen LogP contribution is -2.08. The van der Waals surface area contributed by atoms with E-state index < -0.39 is 11.7 Å². The maximum Gasteiger partial charge on any atom is 0.418 e. The molecule has 1 aromatic heterocycles. The fourth-order valence-corrected chi connectivity index (χ4v) is 2.38. The predicted octanol–water partition coefficient (Wildman–Crippen LogP) is 4.64. The Bertz CT molecular complexity index is 569. The van der Waals surface area contributed by atoms with Crippen LogP contribution in [-0.4, -0.2) is 4.57 Å². The average molecular weight is 262 g/mol. The third-order valence-corrected chi connectivity index (χ3v) is 3.37. The number of aromatic nitrogens is 1. The van der Waals surface area contributed by atoms with E-state index in [0.29, 0.717) is 22.6 Å². The number of rotatable bonds is 1. The molecule has 92 valence electrons. The van der Waals surface area contributed by atoms with Gasteiger partial charge in [-0.3, -0.25) is 0 Å². The van der Waals surface area contributed by atoms with Crippen molar-refractivity contribution in [1.82, 2.24) is 4.57 Å². The Labute approximate surface area is 102 Å². The van der Waals surface area contributed by atoms with E-state index in [4.69, 9.17) is 11.6 Å². The van der Waals surface area contributed by atoms with Gasteiger partial charge in [0.1, 0.15) is 5.15 Å². The molecule has 17 heavy (non-hydrogen) atoms. The average Bonchev–Trinajstić information content (AvgIpc) is 2.50. The first-order chi connectivity index (χ1) is 7.88. The Morgan fingerprint density at radius 2 is 1.94 bits per heavy atom. The normalized spacial score (nSPS) is 12.4. The molecule has 2 aromatic rings. The first-order valence-corrected chi connectivity index (χ1v) is 5.60. The van der Waals surface area contributed by atoms with E-state index in [9.17, 15) is 13.2 Å². The minimum Gasteiger partial charge on any atom is -0.331 e. The van der Waals surface area contributed by atoms with Gasteiger partial charge >= 0.3 is 6.18 Å². The van der Waals surface area contributed by atoms with E-state index in [0.717, 1.165) is 6.07 Å². The molecule has 0 N–H and O–H groups in total. The fourth-order valence-electron chi connectivity index (χ4n) is 2.07. The SMILES string of the molecule is CCn1c(Cl)c(C)c2cccc(C(F)(F)F)c21. The standard InChI is InChI=1S/C12H11ClF3N/c1-3-17-10-8(7(2)11(17)13)5-4-6-9(10)12(14,15)16/h4-6H,3H2,1-2H3. The summed E-state index contributed by atoms with van der Waals surface area (Å²) in [5.74, 6) is 0. The van der Waals surface area contributed by atoms with Gasteiger partial charge in [0, 0.05) is 11.9 Å². The van der Waals surface area contributed by atoms with Crippen LogP contribution in [-0.2, 0) is 12.7 Å². The van der Waals surface area contributed by atoms with Crippen molar-refractivity contribution in [3.63, 3.8) is 0 Å². The molecule has 0 unspecified atom stereocenters. The van der Waals surface area contributed by atoms with Crippen LogP contribution in [0.2, 0.25) is 5.15 Å². The van der Waals surface area contributed by atoms with E-state index >= 15 is 0 Å². The molecular formula is C12H11ClF3N. The van der Waals surface area contributed by atoms with Gasteiger partial charge in [-0.1, -0.05) is 23.7 Å². The highest BCUT2D eigenvalue weighted by molar-refractivity contribution is 6.32. The summed E-state index contributed by atoms with van der Waals surface area (Å²) in [5, 5.41) is 0.936. The Morgan fingerprint density at radius 1 is 1.29 bits per heavy atom. The molecule has 5 heteroatoms. The summed E-state index contributed by atoms with van der Waals surface area (Å²) in [6.45, 7) is 3.92. The van der Waals surface area contributed by atoms with Crippen molar-refractivity contribution in [3.05, 3.63) is 34.5 Å². The summed E-state index contributed by atoms with van der Waals surface area (Å²) in [7, 11) is 0. The summed E-state index contributed by atoms with van der Waals surface area (Å²) in [5.41, 5.74) is 0.228. The first kappa shape index (κ1) is 12.3. The summed E-state index contributed by atoms with van der Waals surface area (Å²) >= 11 is 6.05. The monoisotopic (exact) mass is 261 g/mol. The zero-order valence-electron chi connectivity index (χ0n) is 9.40. The zero-order chi connectivity index (χ0) is 12.8. The summed E-state index contributed by atoms with van der Waals surface area (Å²) in [6, 6.07) is 4.16. The first-order valence-electron chi connectivity index (χ1n) is 5.22. The molecule has 2 rings (SSSR count). The molecule has 0 saturated heterocycles. The van der Waals surface area contributed by atoms with Crippen LogP contribution in [0.25, 0.3) is 10.9 Å². The lowest BCUT2D eigenvalue weighted by molar-refractivity contribution is -0.136. The second-order valence-electron chi connectivity index (χ2n) is 3.86. The highest BCUT2D eigenvalue weighted by Gasteiger charge is 2.34. The highest BCUT2D eigenvalue weighted by atomic mass is 35.5. The van der Waals surface area contributed by atoms with Crippen LogP contribution in [0, 0.1) is 6.92 Å². The molecule has 0 atom stereocenters. The van der Waals surface area contributed by atoms with Gasteiger partial charge in [0.2, 0.25) is 0 Å². The third kappa shape index (κ3) is 1.80. The number of halogens is 4. The second-order valence-corrected chi connectivity index (χ2v) is 4.22. The van der Waals surface area contributed by atoms with E-state index in [1.807, 2.05) is 0 Å². The quantitative estimate of drug-likeness (QED) is 0.705. The predicted molar refractivity (Wildman–Crippen MR) is 62.4 cm³/mol. The molecule has 0 aliphatic rings. The molecule has 1 aromatic carbocycles. The van der Waals surface area contributed by atoms with Crippen LogP contribution in [0.5, 0.6) is 0 Å². The van der Waals surface area contributed by atoms with Crippen LogP contribution in [0.3, 0.4) is 0 Å². The number of benzene rings is 1. The van der Waals surface area contributed by atoms with Crippen LogP contribution >= 0.6 is 11.6 Å². The second kappa shape index (κ2) is 3.95. The van der Waals surface area contributed by atoms with Gasteiger partial charge in [0.15, 0.2) is 0 Å². The van der Waals surface area contributed by atoms with Crippen molar-refractivity contribution in [2.24, 2.45) is 0 Å². The van der Waals surface area contributed by atoms with Gasteiger partial charge in [-0.25, -0.2) is 0 Å². The number of hydrogen-bond donors (Lipinski definition) is 0. The maximum atomic E-state index is 12.9. The number of fused-ring (bicyclic) bond motifs is 1. The molecule has 1 heterocycles. The highest BCUT2D eigenvalue weighted by Crippen LogP contribution is 2.39. The van der Waals surface area contributed by atoms with E-state index in [1.165, 1.54) is 10.6 Å². The largest absolute Gasteiger partial charge is 0.418 e. The molecule has 1 nitrogen and oxygen atoms in total. The van der Waals surface area contributed by atoms with Crippen LogP contribution in [0.15, 0.2) is 18.2 Å². The van der Waals surface area contributed by atoms with Crippen molar-refractivity contribution in [2.75, 3.05) is 0 Å². The molecule has 0 aliphatic carbocycles. The molecule has 0 saturated carbocycles. The smallest absolute Gasteiger partial charge is 0.331 e. The van der Waals surface area contributed by atoms with Crippen LogP contribution in [0.4, 0.5) is 13.2 Å². The number of hydrogen-bond acceptors (Lipinski definition) is 0. The van der Waals surface area contributed by atoms with Gasteiger partial charge in [-0.2, -0.15) is 13.2 Å². The topological polar surface area (TPSA) is 4.93 Å². The van der Waals surface area contributed by atoms with Crippen molar-refractivity contribution in [2.45, 2.75) is 26.6 Å². The molecule has 0 radical (unpaired) electrons. The Balaban J connectivity index is 2.93. The van der Waals surface area contributed by atoms with E-state index in [2.05, 4.69) is 0 Å². The van der Waals surface area contributed by atoms with Crippen molar-refractivity contribution >= 4 is 22.5 Å². The number of nitrogens with zero attached hydrogens (tertiary/aromatic N) is 1. The molecule has 0 fully saturated rings. The Kier molecular flexibility index (Phi) is 2.86. The van der Waals surface area contributed by atoms with Crippen LogP contribution < -0.4 is 0 Å². The summed E-state index contributed by atoms with van der Waals surface area (Å²) < 4.78 is 40.3.